The fraction of sp³-hybridized carbons (Fsp3) is 0.429. The minimum Gasteiger partial charge on any atom is -0.490 e. The van der Waals surface area contributed by atoms with E-state index in [1.54, 1.807) is 24.3 Å². The highest BCUT2D eigenvalue weighted by Gasteiger charge is 2.16. The minimum absolute atomic E-state index is 0.234. The molecule has 0 aromatic heterocycles. The van der Waals surface area contributed by atoms with E-state index in [-0.39, 0.29) is 13.2 Å². The Balaban J connectivity index is 2.41. The van der Waals surface area contributed by atoms with E-state index in [9.17, 15) is 14.7 Å². The van der Waals surface area contributed by atoms with Gasteiger partial charge in [-0.2, -0.15) is 0 Å². The van der Waals surface area contributed by atoms with Gasteiger partial charge in [0.25, 0.3) is 5.91 Å². The lowest BCUT2D eigenvalue weighted by Crippen LogP contribution is -2.39. The van der Waals surface area contributed by atoms with E-state index >= 15 is 0 Å². The second-order valence-corrected chi connectivity index (χ2v) is 4.01. The number of aliphatic hydroxyl groups excluding tert-OH is 1. The fourth-order valence-corrected chi connectivity index (χ4v) is 1.47. The van der Waals surface area contributed by atoms with Crippen molar-refractivity contribution in [3.63, 3.8) is 0 Å². The summed E-state index contributed by atoms with van der Waals surface area (Å²) in [5, 5.41) is 11.7. The van der Waals surface area contributed by atoms with Crippen LogP contribution in [0.2, 0.25) is 0 Å². The number of methoxy groups -OCH3 is 1. The summed E-state index contributed by atoms with van der Waals surface area (Å²) in [4.78, 5) is 22.5. The lowest BCUT2D eigenvalue weighted by Gasteiger charge is -2.12. The van der Waals surface area contributed by atoms with Crippen LogP contribution in [0.4, 0.5) is 0 Å². The van der Waals surface area contributed by atoms with Gasteiger partial charge in [0.1, 0.15) is 0 Å². The Bertz CT molecular complexity index is 476. The number of carbonyl (C=O) groups is 2. The molecular weight excluding hydrogens is 278 g/mol. The summed E-state index contributed by atoms with van der Waals surface area (Å²) in [5.41, 5.74) is 0. The molecule has 0 heterocycles. The monoisotopic (exact) mass is 297 g/mol. The summed E-state index contributed by atoms with van der Waals surface area (Å²) >= 11 is 0. The van der Waals surface area contributed by atoms with Gasteiger partial charge in [-0.15, -0.1) is 0 Å². The Labute approximate surface area is 122 Å². The molecule has 0 radical (unpaired) electrons. The molecule has 0 saturated heterocycles. The van der Waals surface area contributed by atoms with Crippen molar-refractivity contribution < 1.29 is 28.9 Å². The number of carbonyl (C=O) groups excluding carboxylic acids is 2. The van der Waals surface area contributed by atoms with Gasteiger partial charge in [0.15, 0.2) is 24.2 Å². The first-order chi connectivity index (χ1) is 10.1. The third-order valence-corrected chi connectivity index (χ3v) is 2.47. The van der Waals surface area contributed by atoms with E-state index in [1.165, 1.54) is 0 Å². The first kappa shape index (κ1) is 16.8. The average molecular weight is 297 g/mol. The number of ether oxygens (including phenoxy) is 3. The lowest BCUT2D eigenvalue weighted by atomic mass is 10.3. The zero-order valence-electron chi connectivity index (χ0n) is 12.0. The second kappa shape index (κ2) is 8.80. The van der Waals surface area contributed by atoms with Gasteiger partial charge in [-0.1, -0.05) is 12.1 Å². The molecule has 21 heavy (non-hydrogen) atoms. The number of esters is 1. The van der Waals surface area contributed by atoms with Crippen LogP contribution >= 0.6 is 0 Å². The van der Waals surface area contributed by atoms with Crippen molar-refractivity contribution in [1.82, 2.24) is 5.32 Å². The van der Waals surface area contributed by atoms with Crippen molar-refractivity contribution >= 4 is 11.9 Å². The van der Waals surface area contributed by atoms with E-state index in [1.807, 2.05) is 6.92 Å². The molecular formula is C14H19NO6. The van der Waals surface area contributed by atoms with E-state index < -0.39 is 18.0 Å². The molecule has 2 N–H and O–H groups in total. The molecule has 0 aliphatic rings. The standard InChI is InChI=1S/C14H19NO6/c1-3-20-11-6-4-5-7-12(11)21-9-13(17)15-8-10(16)14(18)19-2/h4-7,10,16H,3,8-9H2,1-2H3,(H,15,17). The number of amides is 1. The molecule has 116 valence electrons. The Morgan fingerprint density at radius 2 is 1.86 bits per heavy atom. The zero-order valence-corrected chi connectivity index (χ0v) is 12.0. The topological polar surface area (TPSA) is 94.1 Å². The van der Waals surface area contributed by atoms with Gasteiger partial charge < -0.3 is 24.6 Å². The van der Waals surface area contributed by atoms with Crippen molar-refractivity contribution in [2.75, 3.05) is 26.9 Å². The van der Waals surface area contributed by atoms with Crippen LogP contribution in [-0.4, -0.2) is 50.0 Å². The maximum atomic E-state index is 11.6. The predicted octanol–water partition coefficient (Wildman–Crippen LogP) is 0.114. The van der Waals surface area contributed by atoms with Gasteiger partial charge in [0, 0.05) is 0 Å². The van der Waals surface area contributed by atoms with Gasteiger partial charge in [-0.3, -0.25) is 4.79 Å². The molecule has 1 rings (SSSR count). The molecule has 0 aliphatic heterocycles. The predicted molar refractivity (Wildman–Crippen MR) is 74.1 cm³/mol. The number of hydrogen-bond acceptors (Lipinski definition) is 6. The first-order valence-electron chi connectivity index (χ1n) is 6.45. The zero-order chi connectivity index (χ0) is 15.7. The molecule has 1 amide bonds. The van der Waals surface area contributed by atoms with Crippen LogP contribution in [0.15, 0.2) is 24.3 Å². The first-order valence-corrected chi connectivity index (χ1v) is 6.45. The summed E-state index contributed by atoms with van der Waals surface area (Å²) in [6.45, 7) is 1.84. The third kappa shape index (κ3) is 5.70. The van der Waals surface area contributed by atoms with Gasteiger partial charge in [-0.25, -0.2) is 4.79 Å². The maximum absolute atomic E-state index is 11.6. The lowest BCUT2D eigenvalue weighted by molar-refractivity contribution is -0.150. The van der Waals surface area contributed by atoms with Crippen LogP contribution in [0.5, 0.6) is 11.5 Å². The van der Waals surface area contributed by atoms with Crippen LogP contribution in [0.1, 0.15) is 6.92 Å². The molecule has 7 heteroatoms. The smallest absolute Gasteiger partial charge is 0.336 e. The average Bonchev–Trinajstić information content (AvgIpc) is 2.51. The number of benzene rings is 1. The molecule has 0 bridgehead atoms. The van der Waals surface area contributed by atoms with E-state index in [0.29, 0.717) is 18.1 Å². The second-order valence-electron chi connectivity index (χ2n) is 4.01. The van der Waals surface area contributed by atoms with E-state index in [2.05, 4.69) is 10.1 Å². The van der Waals surface area contributed by atoms with Crippen molar-refractivity contribution in [2.24, 2.45) is 0 Å². The van der Waals surface area contributed by atoms with Gasteiger partial charge in [0.05, 0.1) is 20.3 Å². The van der Waals surface area contributed by atoms with Gasteiger partial charge in [0.2, 0.25) is 0 Å². The van der Waals surface area contributed by atoms with Crippen LogP contribution in [0.25, 0.3) is 0 Å². The van der Waals surface area contributed by atoms with Crippen molar-refractivity contribution in [3.05, 3.63) is 24.3 Å². The summed E-state index contributed by atoms with van der Waals surface area (Å²) < 4.78 is 15.0. The maximum Gasteiger partial charge on any atom is 0.336 e. The van der Waals surface area contributed by atoms with E-state index in [0.717, 1.165) is 7.11 Å². The highest BCUT2D eigenvalue weighted by Crippen LogP contribution is 2.26. The summed E-state index contributed by atoms with van der Waals surface area (Å²) in [5.74, 6) is -0.285. The highest BCUT2D eigenvalue weighted by atomic mass is 16.5. The molecule has 0 saturated carbocycles. The molecule has 1 aromatic carbocycles. The number of rotatable bonds is 8. The van der Waals surface area contributed by atoms with Crippen LogP contribution < -0.4 is 14.8 Å². The van der Waals surface area contributed by atoms with Crippen LogP contribution in [-0.2, 0) is 14.3 Å². The van der Waals surface area contributed by atoms with Gasteiger partial charge in [-0.05, 0) is 19.1 Å². The molecule has 1 unspecified atom stereocenters. The van der Waals surface area contributed by atoms with Crippen LogP contribution in [0, 0.1) is 0 Å². The van der Waals surface area contributed by atoms with E-state index in [4.69, 9.17) is 9.47 Å². The Morgan fingerprint density at radius 1 is 1.24 bits per heavy atom. The Morgan fingerprint density at radius 3 is 2.43 bits per heavy atom. The quantitative estimate of drug-likeness (QED) is 0.662. The highest BCUT2D eigenvalue weighted by molar-refractivity contribution is 5.79. The van der Waals surface area contributed by atoms with Crippen molar-refractivity contribution in [3.8, 4) is 11.5 Å². The molecule has 7 nitrogen and oxygen atoms in total. The molecule has 0 aliphatic carbocycles. The van der Waals surface area contributed by atoms with Crippen LogP contribution in [0.3, 0.4) is 0 Å². The summed E-state index contributed by atoms with van der Waals surface area (Å²) in [6.07, 6.45) is -1.39. The number of aliphatic hydroxyl groups is 1. The third-order valence-electron chi connectivity index (χ3n) is 2.47. The summed E-state index contributed by atoms with van der Waals surface area (Å²) in [6, 6.07) is 6.97. The molecule has 1 atom stereocenters. The van der Waals surface area contributed by atoms with Crippen molar-refractivity contribution in [1.29, 1.82) is 0 Å². The fourth-order valence-electron chi connectivity index (χ4n) is 1.47. The number of nitrogens with one attached hydrogen (secondary N) is 1. The normalized spacial score (nSPS) is 11.4. The largest absolute Gasteiger partial charge is 0.490 e. The number of hydrogen-bond donors (Lipinski definition) is 2. The Kier molecular flexibility index (Phi) is 7.03. The van der Waals surface area contributed by atoms with Crippen molar-refractivity contribution in [2.45, 2.75) is 13.0 Å². The molecule has 1 aromatic rings. The van der Waals surface area contributed by atoms with Gasteiger partial charge >= 0.3 is 5.97 Å². The Hall–Kier alpha value is -2.28. The summed E-state index contributed by atoms with van der Waals surface area (Å²) in [7, 11) is 1.15. The number of para-hydroxylation sites is 2. The molecule has 0 spiro atoms. The minimum atomic E-state index is -1.39. The SMILES string of the molecule is CCOc1ccccc1OCC(=O)NCC(O)C(=O)OC. The molecule has 0 fully saturated rings.